The van der Waals surface area contributed by atoms with Gasteiger partial charge in [0.1, 0.15) is 0 Å². The van der Waals surface area contributed by atoms with E-state index >= 15 is 0 Å². The number of hydrogen-bond donors (Lipinski definition) is 3. The van der Waals surface area contributed by atoms with Gasteiger partial charge in [-0.3, -0.25) is 9.79 Å². The van der Waals surface area contributed by atoms with Crippen LogP contribution >= 0.6 is 23.2 Å². The van der Waals surface area contributed by atoms with Crippen molar-refractivity contribution < 1.29 is 19.1 Å². The third kappa shape index (κ3) is 5.03. The van der Waals surface area contributed by atoms with E-state index in [-0.39, 0.29) is 5.57 Å². The highest BCUT2D eigenvalue weighted by molar-refractivity contribution is 6.42. The highest BCUT2D eigenvalue weighted by Crippen LogP contribution is 2.27. The quantitative estimate of drug-likeness (QED) is 0.587. The zero-order valence-electron chi connectivity index (χ0n) is 16.0. The average molecular weight is 449 g/mol. The van der Waals surface area contributed by atoms with E-state index in [1.54, 1.807) is 37.4 Å². The van der Waals surface area contributed by atoms with Gasteiger partial charge in [0.25, 0.3) is 5.91 Å². The smallest absolute Gasteiger partial charge is 0.320 e. The number of carbonyl (C=O) groups excluding carboxylic acids is 2. The molecule has 2 aromatic rings. The van der Waals surface area contributed by atoms with Crippen molar-refractivity contribution in [2.24, 2.45) is 4.99 Å². The summed E-state index contributed by atoms with van der Waals surface area (Å²) in [6.07, 6.45) is 1.94. The molecule has 2 aromatic carbocycles. The first kappa shape index (κ1) is 21.5. The maximum Gasteiger partial charge on any atom is 0.320 e. The largest absolute Gasteiger partial charge is 0.493 e. The zero-order valence-corrected chi connectivity index (χ0v) is 17.5. The lowest BCUT2D eigenvalue weighted by Gasteiger charge is -2.22. The number of benzene rings is 2. The fraction of sp³-hybridized carbons (Fsp3) is 0.150. The van der Waals surface area contributed by atoms with Crippen LogP contribution in [-0.2, 0) is 4.79 Å². The maximum atomic E-state index is 12.7. The van der Waals surface area contributed by atoms with Crippen LogP contribution in [0.3, 0.4) is 0 Å². The first-order valence-corrected chi connectivity index (χ1v) is 9.45. The second kappa shape index (κ2) is 9.51. The molecular weight excluding hydrogens is 431 g/mol. The van der Waals surface area contributed by atoms with E-state index in [4.69, 9.17) is 32.7 Å². The summed E-state index contributed by atoms with van der Waals surface area (Å²) < 4.78 is 10.5. The average Bonchev–Trinajstić information content (AvgIpc) is 2.74. The highest BCUT2D eigenvalue weighted by Gasteiger charge is 2.26. The van der Waals surface area contributed by atoms with Crippen molar-refractivity contribution in [3.8, 4) is 11.5 Å². The minimum Gasteiger partial charge on any atom is -0.493 e. The van der Waals surface area contributed by atoms with Crippen molar-refractivity contribution in [2.75, 3.05) is 19.5 Å². The third-order valence-corrected chi connectivity index (χ3v) is 4.88. The molecule has 30 heavy (non-hydrogen) atoms. The molecule has 0 saturated heterocycles. The minimum absolute atomic E-state index is 0.206. The third-order valence-electron chi connectivity index (χ3n) is 4.14. The van der Waals surface area contributed by atoms with Gasteiger partial charge in [0.05, 0.1) is 29.8 Å². The maximum absolute atomic E-state index is 12.7. The Hall–Kier alpha value is -3.23. The standard InChI is InChI=1S/C20H18Cl2N4O4/c1-29-16-6-3-11(7-17(16)30-2)9-23-18-13(10-24-20(28)26-18)19(27)25-12-4-5-14(21)15(22)8-12/h3-10,18H,1-2H3,(H,25,27)(H2,24,26,28)/b23-9+. The molecule has 1 aliphatic rings. The minimum atomic E-state index is -0.894. The lowest BCUT2D eigenvalue weighted by molar-refractivity contribution is -0.113. The Morgan fingerprint density at radius 2 is 1.87 bits per heavy atom. The fourth-order valence-corrected chi connectivity index (χ4v) is 2.94. The summed E-state index contributed by atoms with van der Waals surface area (Å²) in [4.78, 5) is 28.8. The molecule has 8 nitrogen and oxygen atoms in total. The molecule has 0 spiro atoms. The van der Waals surface area contributed by atoms with Crippen molar-refractivity contribution >= 4 is 47.0 Å². The van der Waals surface area contributed by atoms with Crippen LogP contribution in [0.15, 0.2) is 53.2 Å². The van der Waals surface area contributed by atoms with Crippen molar-refractivity contribution in [2.45, 2.75) is 6.17 Å². The lowest BCUT2D eigenvalue weighted by atomic mass is 10.1. The molecule has 0 aromatic heterocycles. The zero-order chi connectivity index (χ0) is 21.7. The molecule has 156 valence electrons. The van der Waals surface area contributed by atoms with Crippen LogP contribution in [0.5, 0.6) is 11.5 Å². The molecule has 0 aliphatic carbocycles. The van der Waals surface area contributed by atoms with Gasteiger partial charge in [-0.05, 0) is 42.0 Å². The number of ether oxygens (including phenoxy) is 2. The highest BCUT2D eigenvalue weighted by atomic mass is 35.5. The number of aliphatic imine (C=N–C) groups is 1. The van der Waals surface area contributed by atoms with Gasteiger partial charge in [0.15, 0.2) is 17.7 Å². The number of methoxy groups -OCH3 is 2. The topological polar surface area (TPSA) is 101 Å². The Balaban J connectivity index is 1.80. The van der Waals surface area contributed by atoms with Gasteiger partial charge in [-0.1, -0.05) is 23.2 Å². The van der Waals surface area contributed by atoms with E-state index in [0.29, 0.717) is 32.8 Å². The molecular formula is C20H18Cl2N4O4. The Kier molecular flexibility index (Phi) is 6.81. The van der Waals surface area contributed by atoms with Crippen LogP contribution in [0, 0.1) is 0 Å². The Morgan fingerprint density at radius 3 is 2.57 bits per heavy atom. The van der Waals surface area contributed by atoms with Gasteiger partial charge in [0.2, 0.25) is 0 Å². The van der Waals surface area contributed by atoms with Crippen molar-refractivity contribution in [3.05, 3.63) is 63.8 Å². The molecule has 3 N–H and O–H groups in total. The van der Waals surface area contributed by atoms with Gasteiger partial charge < -0.3 is 25.4 Å². The summed E-state index contributed by atoms with van der Waals surface area (Å²) in [7, 11) is 3.07. The van der Waals surface area contributed by atoms with E-state index in [1.807, 2.05) is 0 Å². The first-order chi connectivity index (χ1) is 14.4. The molecule has 0 fully saturated rings. The molecule has 10 heteroatoms. The van der Waals surface area contributed by atoms with Crippen molar-refractivity contribution in [3.63, 3.8) is 0 Å². The van der Waals surface area contributed by atoms with Crippen molar-refractivity contribution in [1.29, 1.82) is 0 Å². The van der Waals surface area contributed by atoms with Gasteiger partial charge in [-0.2, -0.15) is 0 Å². The fourth-order valence-electron chi connectivity index (χ4n) is 2.64. The van der Waals surface area contributed by atoms with Crippen LogP contribution in [0.2, 0.25) is 10.0 Å². The van der Waals surface area contributed by atoms with E-state index in [9.17, 15) is 9.59 Å². The summed E-state index contributed by atoms with van der Waals surface area (Å²) in [5, 5.41) is 8.43. The van der Waals surface area contributed by atoms with Crippen LogP contribution in [-0.4, -0.2) is 38.5 Å². The normalized spacial score (nSPS) is 15.8. The Bertz CT molecular complexity index is 1040. The Labute approximate surface area is 182 Å². The summed E-state index contributed by atoms with van der Waals surface area (Å²) in [6, 6.07) is 9.46. The predicted octanol–water partition coefficient (Wildman–Crippen LogP) is 3.59. The number of amides is 3. The number of nitrogens with zero attached hydrogens (tertiary/aromatic N) is 1. The second-order valence-electron chi connectivity index (χ2n) is 6.10. The van der Waals surface area contributed by atoms with Crippen molar-refractivity contribution in [1.82, 2.24) is 10.6 Å². The van der Waals surface area contributed by atoms with E-state index in [0.717, 1.165) is 0 Å². The van der Waals surface area contributed by atoms with E-state index in [1.165, 1.54) is 25.6 Å². The van der Waals surface area contributed by atoms with Crippen LogP contribution < -0.4 is 25.4 Å². The van der Waals surface area contributed by atoms with E-state index < -0.39 is 18.1 Å². The summed E-state index contributed by atoms with van der Waals surface area (Å²) in [5.74, 6) is 0.644. The summed E-state index contributed by atoms with van der Waals surface area (Å²) >= 11 is 11.9. The number of rotatable bonds is 6. The monoisotopic (exact) mass is 448 g/mol. The molecule has 1 unspecified atom stereocenters. The van der Waals surface area contributed by atoms with Crippen LogP contribution in [0.25, 0.3) is 0 Å². The second-order valence-corrected chi connectivity index (χ2v) is 6.91. The molecule has 1 aliphatic heterocycles. The molecule has 1 heterocycles. The first-order valence-electron chi connectivity index (χ1n) is 8.70. The Morgan fingerprint density at radius 1 is 1.10 bits per heavy atom. The van der Waals surface area contributed by atoms with Gasteiger partial charge in [-0.15, -0.1) is 0 Å². The van der Waals surface area contributed by atoms with Gasteiger partial charge in [0, 0.05) is 18.1 Å². The lowest BCUT2D eigenvalue weighted by Crippen LogP contribution is -2.47. The number of nitrogens with one attached hydrogen (secondary N) is 3. The van der Waals surface area contributed by atoms with Gasteiger partial charge >= 0.3 is 6.03 Å². The van der Waals surface area contributed by atoms with Gasteiger partial charge in [-0.25, -0.2) is 4.79 Å². The molecule has 3 amide bonds. The number of urea groups is 1. The number of halogens is 2. The number of carbonyl (C=O) groups is 2. The SMILES string of the molecule is COc1ccc(/C=N/C2NC(=O)NC=C2C(=O)Nc2ccc(Cl)c(Cl)c2)cc1OC. The summed E-state index contributed by atoms with van der Waals surface area (Å²) in [6.45, 7) is 0. The summed E-state index contributed by atoms with van der Waals surface area (Å²) in [5.41, 5.74) is 1.36. The number of anilines is 1. The molecule has 0 radical (unpaired) electrons. The molecule has 1 atom stereocenters. The number of hydrogen-bond acceptors (Lipinski definition) is 5. The molecule has 0 saturated carbocycles. The van der Waals surface area contributed by atoms with E-state index in [2.05, 4.69) is 20.9 Å². The van der Waals surface area contributed by atoms with Crippen LogP contribution in [0.4, 0.5) is 10.5 Å². The molecule has 0 bridgehead atoms. The van der Waals surface area contributed by atoms with Crippen LogP contribution in [0.1, 0.15) is 5.56 Å². The molecule has 3 rings (SSSR count). The predicted molar refractivity (Wildman–Crippen MR) is 116 cm³/mol.